The van der Waals surface area contributed by atoms with Crippen LogP contribution in [0.2, 0.25) is 0 Å². The van der Waals surface area contributed by atoms with Gasteiger partial charge in [-0.1, -0.05) is 18.2 Å². The van der Waals surface area contributed by atoms with Crippen molar-refractivity contribution in [1.82, 2.24) is 10.3 Å². The zero-order chi connectivity index (χ0) is 29.6. The van der Waals surface area contributed by atoms with Crippen LogP contribution in [0.5, 0.6) is 0 Å². The Kier molecular flexibility index (Phi) is 9.51. The molecular weight excluding hydrogens is 528 g/mol. The minimum atomic E-state index is -2.07. The van der Waals surface area contributed by atoms with Crippen LogP contribution in [-0.4, -0.2) is 77.8 Å². The van der Waals surface area contributed by atoms with E-state index in [1.807, 2.05) is 24.3 Å². The van der Waals surface area contributed by atoms with Gasteiger partial charge in [0.25, 0.3) is 5.91 Å². The predicted octanol–water partition coefficient (Wildman–Crippen LogP) is 1.26. The molecule has 0 saturated heterocycles. The number of nitrogens with one attached hydrogen (secondary N) is 2. The molecule has 3 atom stereocenters. The van der Waals surface area contributed by atoms with E-state index in [1.54, 1.807) is 6.20 Å². The number of H-pyrrole nitrogens is 1. The lowest BCUT2D eigenvalue weighted by Crippen LogP contribution is -2.64. The summed E-state index contributed by atoms with van der Waals surface area (Å²) in [6, 6.07) is 6.16. The topological polar surface area (TPSA) is 176 Å². The number of hydrogen-bond donors (Lipinski definition) is 2. The Balaban J connectivity index is 2.00. The average molecular weight is 561 g/mol. The van der Waals surface area contributed by atoms with Gasteiger partial charge in [-0.25, -0.2) is 4.79 Å². The quantitative estimate of drug-likeness (QED) is 0.333. The van der Waals surface area contributed by atoms with Crippen LogP contribution in [0, 0.1) is 0 Å². The summed E-state index contributed by atoms with van der Waals surface area (Å²) < 4.78 is 26.4. The number of benzene rings is 1. The first-order valence-electron chi connectivity index (χ1n) is 12.5. The Morgan fingerprint density at radius 3 is 2.00 bits per heavy atom. The standard InChI is InChI=1S/C27H32N2O11/c1-14(30)37-22-11-27(40-17(4)33,12-23(38-15(2)31)24(22)39-16(3)32)26(35)29-21(25(34)36-5)10-18-13-28-20-9-7-6-8-19(18)20/h6-9,13,21-24,28H,10-12H2,1-5H3,(H,29,35)/t21-,22+,23+,24?,27?/m1/s1. The zero-order valence-corrected chi connectivity index (χ0v) is 22.8. The Labute approximate surface area is 229 Å². The molecule has 0 aliphatic heterocycles. The van der Waals surface area contributed by atoms with Crippen molar-refractivity contribution in [3.05, 3.63) is 36.0 Å². The molecule has 1 aliphatic carbocycles. The molecule has 3 rings (SSSR count). The van der Waals surface area contributed by atoms with Crippen molar-refractivity contribution < 1.29 is 52.5 Å². The van der Waals surface area contributed by atoms with Crippen LogP contribution in [0.25, 0.3) is 10.9 Å². The molecule has 1 amide bonds. The van der Waals surface area contributed by atoms with Gasteiger partial charge < -0.3 is 34.0 Å². The van der Waals surface area contributed by atoms with E-state index in [4.69, 9.17) is 23.7 Å². The molecule has 1 aromatic carbocycles. The van der Waals surface area contributed by atoms with Gasteiger partial charge in [0.1, 0.15) is 18.2 Å². The van der Waals surface area contributed by atoms with E-state index in [0.717, 1.165) is 45.7 Å². The number of fused-ring (bicyclic) bond motifs is 1. The van der Waals surface area contributed by atoms with Crippen LogP contribution in [0.15, 0.2) is 30.5 Å². The summed E-state index contributed by atoms with van der Waals surface area (Å²) in [6.45, 7) is 4.38. The molecule has 0 bridgehead atoms. The summed E-state index contributed by atoms with van der Waals surface area (Å²) >= 11 is 0. The largest absolute Gasteiger partial charge is 0.467 e. The predicted molar refractivity (Wildman–Crippen MR) is 136 cm³/mol. The van der Waals surface area contributed by atoms with E-state index >= 15 is 0 Å². The summed E-state index contributed by atoms with van der Waals surface area (Å²) in [5.41, 5.74) is -0.544. The molecular formula is C27H32N2O11. The van der Waals surface area contributed by atoms with Gasteiger partial charge in [-0.2, -0.15) is 0 Å². The lowest BCUT2D eigenvalue weighted by molar-refractivity contribution is -0.215. The van der Waals surface area contributed by atoms with Crippen LogP contribution in [0.1, 0.15) is 46.1 Å². The fourth-order valence-corrected chi connectivity index (χ4v) is 4.93. The second kappa shape index (κ2) is 12.6. The van der Waals surface area contributed by atoms with Gasteiger partial charge >= 0.3 is 29.8 Å². The minimum Gasteiger partial charge on any atom is -0.467 e. The average Bonchev–Trinajstić information content (AvgIpc) is 3.26. The van der Waals surface area contributed by atoms with Gasteiger partial charge in [0, 0.05) is 64.1 Å². The third kappa shape index (κ3) is 7.16. The second-order valence-corrected chi connectivity index (χ2v) is 9.48. The Hall–Kier alpha value is -4.42. The van der Waals surface area contributed by atoms with Crippen molar-refractivity contribution >= 4 is 46.7 Å². The smallest absolute Gasteiger partial charge is 0.328 e. The van der Waals surface area contributed by atoms with Crippen LogP contribution in [-0.2, 0) is 58.9 Å². The van der Waals surface area contributed by atoms with Gasteiger partial charge in [0.2, 0.25) is 0 Å². The van der Waals surface area contributed by atoms with Gasteiger partial charge in [-0.15, -0.1) is 0 Å². The summed E-state index contributed by atoms with van der Waals surface area (Å²) in [7, 11) is 1.16. The summed E-state index contributed by atoms with van der Waals surface area (Å²) in [6.07, 6.45) is -3.14. The maximum Gasteiger partial charge on any atom is 0.328 e. The van der Waals surface area contributed by atoms with E-state index in [0.29, 0.717) is 5.56 Å². The van der Waals surface area contributed by atoms with Crippen molar-refractivity contribution in [3.8, 4) is 0 Å². The number of esters is 5. The Morgan fingerprint density at radius 1 is 0.900 bits per heavy atom. The number of carbonyl (C=O) groups is 6. The van der Waals surface area contributed by atoms with E-state index < -0.39 is 78.6 Å². The maximum absolute atomic E-state index is 13.9. The first kappa shape index (κ1) is 30.1. The van der Waals surface area contributed by atoms with Crippen LogP contribution < -0.4 is 5.32 Å². The van der Waals surface area contributed by atoms with Crippen molar-refractivity contribution in [3.63, 3.8) is 0 Å². The van der Waals surface area contributed by atoms with Crippen LogP contribution in [0.3, 0.4) is 0 Å². The summed E-state index contributed by atoms with van der Waals surface area (Å²) in [5.74, 6) is -4.88. The molecule has 2 aromatic rings. The molecule has 13 nitrogen and oxygen atoms in total. The number of hydrogen-bond acceptors (Lipinski definition) is 11. The number of carbonyl (C=O) groups excluding carboxylic acids is 6. The fraction of sp³-hybridized carbons (Fsp3) is 0.481. The number of aromatic nitrogens is 1. The van der Waals surface area contributed by atoms with Gasteiger partial charge in [-0.05, 0) is 11.6 Å². The first-order chi connectivity index (χ1) is 18.8. The monoisotopic (exact) mass is 560 g/mol. The van der Waals surface area contributed by atoms with E-state index in [2.05, 4.69) is 10.3 Å². The molecule has 0 radical (unpaired) electrons. The van der Waals surface area contributed by atoms with Crippen molar-refractivity contribution in [2.75, 3.05) is 7.11 Å². The third-order valence-corrected chi connectivity index (χ3v) is 6.37. The molecule has 40 heavy (non-hydrogen) atoms. The summed E-state index contributed by atoms with van der Waals surface area (Å²) in [4.78, 5) is 77.6. The Morgan fingerprint density at radius 2 is 1.48 bits per heavy atom. The minimum absolute atomic E-state index is 0.0232. The van der Waals surface area contributed by atoms with Crippen LogP contribution in [0.4, 0.5) is 0 Å². The van der Waals surface area contributed by atoms with E-state index in [-0.39, 0.29) is 6.42 Å². The molecule has 13 heteroatoms. The van der Waals surface area contributed by atoms with Crippen molar-refractivity contribution in [2.45, 2.75) is 76.9 Å². The highest BCUT2D eigenvalue weighted by atomic mass is 16.6. The van der Waals surface area contributed by atoms with Crippen molar-refractivity contribution in [2.24, 2.45) is 0 Å². The highest BCUT2D eigenvalue weighted by Gasteiger charge is 2.57. The molecule has 1 heterocycles. The lowest BCUT2D eigenvalue weighted by Gasteiger charge is -2.45. The highest BCUT2D eigenvalue weighted by Crippen LogP contribution is 2.38. The van der Waals surface area contributed by atoms with E-state index in [9.17, 15) is 28.8 Å². The molecule has 216 valence electrons. The number of rotatable bonds is 9. The number of amides is 1. The fourth-order valence-electron chi connectivity index (χ4n) is 4.93. The zero-order valence-electron chi connectivity index (χ0n) is 22.8. The second-order valence-electron chi connectivity index (χ2n) is 9.48. The molecule has 1 saturated carbocycles. The molecule has 1 fully saturated rings. The Bertz CT molecular complexity index is 1270. The molecule has 1 aliphatic rings. The van der Waals surface area contributed by atoms with Gasteiger partial charge in [0.15, 0.2) is 11.7 Å². The number of para-hydroxylation sites is 1. The molecule has 2 N–H and O–H groups in total. The normalized spacial score (nSPS) is 22.9. The van der Waals surface area contributed by atoms with E-state index in [1.165, 1.54) is 0 Å². The lowest BCUT2D eigenvalue weighted by atomic mass is 9.78. The number of methoxy groups -OCH3 is 1. The molecule has 0 unspecified atom stereocenters. The molecule has 1 aromatic heterocycles. The molecule has 0 spiro atoms. The number of ether oxygens (including phenoxy) is 5. The first-order valence-corrected chi connectivity index (χ1v) is 12.5. The van der Waals surface area contributed by atoms with Gasteiger partial charge in [0.05, 0.1) is 7.11 Å². The van der Waals surface area contributed by atoms with Crippen LogP contribution >= 0.6 is 0 Å². The van der Waals surface area contributed by atoms with Gasteiger partial charge in [-0.3, -0.25) is 24.0 Å². The van der Waals surface area contributed by atoms with Crippen molar-refractivity contribution in [1.29, 1.82) is 0 Å². The third-order valence-electron chi connectivity index (χ3n) is 6.37. The number of aromatic amines is 1. The highest BCUT2D eigenvalue weighted by molar-refractivity contribution is 5.92. The summed E-state index contributed by atoms with van der Waals surface area (Å²) in [5, 5.41) is 3.42. The SMILES string of the molecule is COC(=O)[C@@H](Cc1c[nH]c2ccccc12)NC(=O)C1(OC(C)=O)C[C@H](OC(C)=O)C(OC(C)=O)[C@@H](OC(C)=O)C1. The maximum atomic E-state index is 13.9.